The summed E-state index contributed by atoms with van der Waals surface area (Å²) >= 11 is 0. The van der Waals surface area contributed by atoms with Gasteiger partial charge < -0.3 is 30.8 Å². The lowest BCUT2D eigenvalue weighted by Crippen LogP contribution is -2.55. The van der Waals surface area contributed by atoms with Gasteiger partial charge >= 0.3 is 12.2 Å². The molecule has 2 atom stereocenters. The van der Waals surface area contributed by atoms with Gasteiger partial charge in [0.1, 0.15) is 17.7 Å². The van der Waals surface area contributed by atoms with Crippen molar-refractivity contribution in [3.8, 4) is 11.1 Å². The Bertz CT molecular complexity index is 2110. The highest BCUT2D eigenvalue weighted by molar-refractivity contribution is 5.99. The van der Waals surface area contributed by atoms with Gasteiger partial charge in [0, 0.05) is 36.1 Å². The number of carbonyl (C=O) groups is 4. The molecule has 6 rings (SSSR count). The van der Waals surface area contributed by atoms with Gasteiger partial charge in [-0.1, -0.05) is 86.7 Å². The number of nitrogens with zero attached hydrogens (tertiary/aromatic N) is 1. The zero-order chi connectivity index (χ0) is 40.7. The van der Waals surface area contributed by atoms with Crippen molar-refractivity contribution in [2.45, 2.75) is 109 Å². The van der Waals surface area contributed by atoms with Crippen LogP contribution in [0.15, 0.2) is 77.6 Å². The summed E-state index contributed by atoms with van der Waals surface area (Å²) in [6.07, 6.45) is 4.77. The molecular weight excluding hydrogens is 723 g/mol. The highest BCUT2D eigenvalue weighted by atomic mass is 16.6. The summed E-state index contributed by atoms with van der Waals surface area (Å²) < 4.78 is 5.34. The van der Waals surface area contributed by atoms with E-state index in [0.29, 0.717) is 37.0 Å². The van der Waals surface area contributed by atoms with Gasteiger partial charge in [-0.15, -0.1) is 0 Å². The summed E-state index contributed by atoms with van der Waals surface area (Å²) in [6.45, 7) is 7.57. The van der Waals surface area contributed by atoms with E-state index in [1.54, 1.807) is 32.9 Å². The maximum absolute atomic E-state index is 14.6. The van der Waals surface area contributed by atoms with Crippen molar-refractivity contribution >= 4 is 40.6 Å². The number of hydrogen-bond acceptors (Lipinski definition) is 6. The van der Waals surface area contributed by atoms with Crippen molar-refractivity contribution in [1.82, 2.24) is 20.5 Å². The van der Waals surface area contributed by atoms with E-state index in [9.17, 15) is 29.1 Å². The van der Waals surface area contributed by atoms with Crippen molar-refractivity contribution in [3.63, 3.8) is 0 Å². The average Bonchev–Trinajstić information content (AvgIpc) is 3.48. The summed E-state index contributed by atoms with van der Waals surface area (Å²) in [5, 5.41) is 20.3. The maximum Gasteiger partial charge on any atom is 0.408 e. The topological polar surface area (TPSA) is 170 Å². The van der Waals surface area contributed by atoms with Crippen LogP contribution in [0.2, 0.25) is 0 Å². The Hall–Kier alpha value is -5.65. The van der Waals surface area contributed by atoms with E-state index in [-0.39, 0.29) is 30.4 Å². The number of aromatic nitrogens is 1. The first-order chi connectivity index (χ1) is 27.3. The van der Waals surface area contributed by atoms with E-state index >= 15 is 0 Å². The SMILES string of the molecule is Cc1cc(=O)[nH]c2cc(NC(=O)C(CCCCNC(=O)OC(C)(C)C)NC(=O)C(CC3CCCCC3)N(CC3c4ccccc4-c4ccccc43)C(=O)O)ccc12. The summed E-state index contributed by atoms with van der Waals surface area (Å²) in [4.78, 5) is 70.6. The Balaban J connectivity index is 1.25. The number of aryl methyl sites for hydroxylation is 1. The van der Waals surface area contributed by atoms with E-state index in [1.807, 2.05) is 61.5 Å². The first-order valence-corrected chi connectivity index (χ1v) is 20.2. The van der Waals surface area contributed by atoms with E-state index in [0.717, 1.165) is 65.3 Å². The van der Waals surface area contributed by atoms with Gasteiger partial charge in [-0.3, -0.25) is 19.3 Å². The predicted octanol–water partition coefficient (Wildman–Crippen LogP) is 8.09. The van der Waals surface area contributed by atoms with E-state index in [1.165, 1.54) is 11.0 Å². The van der Waals surface area contributed by atoms with Crippen molar-refractivity contribution < 1.29 is 29.0 Å². The van der Waals surface area contributed by atoms with Crippen molar-refractivity contribution in [1.29, 1.82) is 0 Å². The van der Waals surface area contributed by atoms with Crippen LogP contribution in [-0.2, 0) is 14.3 Å². The second kappa shape index (κ2) is 18.1. The fraction of sp³-hybridized carbons (Fsp3) is 0.444. The van der Waals surface area contributed by atoms with Gasteiger partial charge in [0.2, 0.25) is 17.4 Å². The van der Waals surface area contributed by atoms with Gasteiger partial charge in [-0.05, 0) is 99.2 Å². The van der Waals surface area contributed by atoms with Crippen molar-refractivity contribution in [2.24, 2.45) is 5.92 Å². The van der Waals surface area contributed by atoms with E-state index in [2.05, 4.69) is 20.9 Å². The molecule has 1 heterocycles. The number of amides is 4. The minimum atomic E-state index is -1.19. The third kappa shape index (κ3) is 10.4. The lowest BCUT2D eigenvalue weighted by molar-refractivity contribution is -0.130. The number of unbranched alkanes of at least 4 members (excludes halogenated alkanes) is 1. The highest BCUT2D eigenvalue weighted by Gasteiger charge is 2.38. The monoisotopic (exact) mass is 777 g/mol. The van der Waals surface area contributed by atoms with Crippen LogP contribution in [0, 0.1) is 12.8 Å². The fourth-order valence-electron chi connectivity index (χ4n) is 8.36. The van der Waals surface area contributed by atoms with Crippen LogP contribution in [0.4, 0.5) is 15.3 Å². The van der Waals surface area contributed by atoms with Crippen LogP contribution in [0.1, 0.15) is 101 Å². The molecule has 0 saturated heterocycles. The molecule has 1 fully saturated rings. The van der Waals surface area contributed by atoms with Crippen LogP contribution < -0.4 is 21.5 Å². The number of anilines is 1. The van der Waals surface area contributed by atoms with Crippen LogP contribution in [-0.4, -0.2) is 69.8 Å². The zero-order valence-corrected chi connectivity index (χ0v) is 33.4. The smallest absolute Gasteiger partial charge is 0.408 e. The Morgan fingerprint density at radius 1 is 0.895 bits per heavy atom. The lowest BCUT2D eigenvalue weighted by Gasteiger charge is -2.35. The summed E-state index contributed by atoms with van der Waals surface area (Å²) in [5.74, 6) is -1.11. The second-order valence-electron chi connectivity index (χ2n) is 16.5. The average molecular weight is 778 g/mol. The Kier molecular flexibility index (Phi) is 13.0. The van der Waals surface area contributed by atoms with Crippen molar-refractivity contribution in [3.05, 3.63) is 99.8 Å². The number of fused-ring (bicyclic) bond motifs is 4. The van der Waals surface area contributed by atoms with Gasteiger partial charge in [-0.25, -0.2) is 9.59 Å². The first-order valence-electron chi connectivity index (χ1n) is 20.2. The molecule has 12 heteroatoms. The summed E-state index contributed by atoms with van der Waals surface area (Å²) in [7, 11) is 0. The number of carbonyl (C=O) groups excluding carboxylic acids is 3. The number of carboxylic acid groups (broad SMARTS) is 1. The Morgan fingerprint density at radius 2 is 1.56 bits per heavy atom. The van der Waals surface area contributed by atoms with Crippen LogP contribution >= 0.6 is 0 Å². The number of nitrogens with one attached hydrogen (secondary N) is 4. The molecule has 1 aromatic heterocycles. The molecule has 12 nitrogen and oxygen atoms in total. The number of aromatic amines is 1. The largest absolute Gasteiger partial charge is 0.465 e. The minimum absolute atomic E-state index is 0.0794. The van der Waals surface area contributed by atoms with Crippen molar-refractivity contribution in [2.75, 3.05) is 18.4 Å². The highest BCUT2D eigenvalue weighted by Crippen LogP contribution is 2.45. The first kappa shape index (κ1) is 41.0. The molecule has 302 valence electrons. The quantitative estimate of drug-likeness (QED) is 0.0806. The lowest BCUT2D eigenvalue weighted by atomic mass is 9.84. The van der Waals surface area contributed by atoms with Gasteiger partial charge in [0.15, 0.2) is 0 Å². The summed E-state index contributed by atoms with van der Waals surface area (Å²) in [6, 6.07) is 20.7. The molecular formula is C45H55N5O7. The molecule has 1 saturated carbocycles. The molecule has 5 N–H and O–H groups in total. The Labute approximate surface area is 333 Å². The number of ether oxygens (including phenoxy) is 1. The number of pyridine rings is 1. The van der Waals surface area contributed by atoms with Gasteiger partial charge in [-0.2, -0.15) is 0 Å². The third-order valence-corrected chi connectivity index (χ3v) is 11.1. The molecule has 57 heavy (non-hydrogen) atoms. The van der Waals surface area contributed by atoms with Gasteiger partial charge in [0.05, 0.1) is 5.52 Å². The van der Waals surface area contributed by atoms with Crippen LogP contribution in [0.3, 0.4) is 0 Å². The molecule has 2 aliphatic carbocycles. The fourth-order valence-corrected chi connectivity index (χ4v) is 8.36. The number of hydrogen-bond donors (Lipinski definition) is 5. The minimum Gasteiger partial charge on any atom is -0.465 e. The molecule has 2 unspecified atom stereocenters. The predicted molar refractivity (Wildman–Crippen MR) is 221 cm³/mol. The second-order valence-corrected chi connectivity index (χ2v) is 16.5. The van der Waals surface area contributed by atoms with Gasteiger partial charge in [0.25, 0.3) is 0 Å². The van der Waals surface area contributed by atoms with E-state index in [4.69, 9.17) is 4.74 Å². The molecule has 0 aliphatic heterocycles. The zero-order valence-electron chi connectivity index (χ0n) is 33.4. The number of rotatable bonds is 14. The molecule has 4 amide bonds. The molecule has 3 aromatic carbocycles. The maximum atomic E-state index is 14.6. The summed E-state index contributed by atoms with van der Waals surface area (Å²) in [5.41, 5.74) is 5.05. The van der Waals surface area contributed by atoms with Crippen LogP contribution in [0.25, 0.3) is 22.0 Å². The Morgan fingerprint density at radius 3 is 2.21 bits per heavy atom. The van der Waals surface area contributed by atoms with E-state index < -0.39 is 41.7 Å². The number of alkyl carbamates (subject to hydrolysis) is 1. The van der Waals surface area contributed by atoms with Crippen LogP contribution in [0.5, 0.6) is 0 Å². The standard InChI is InChI=1S/C45H55N5O7/c1-28-24-40(51)48-38-26-30(21-22-31(28)38)47-41(52)37(20-12-13-23-46-43(54)57-45(2,3)4)49-42(53)39(25-29-14-6-5-7-15-29)50(44(55)56)27-36-34-18-10-8-16-32(34)33-17-9-11-19-35(33)36/h8-11,16-19,21-22,24,26,29,36-37,39H,5-7,12-15,20,23,25,27H2,1-4H3,(H,46,54)(H,47,52)(H,48,51)(H,49,53)(H,55,56). The molecule has 0 radical (unpaired) electrons. The normalized spacial score (nSPS) is 15.2. The molecule has 4 aromatic rings. The number of benzene rings is 3. The molecule has 0 spiro atoms. The molecule has 0 bridgehead atoms. The number of H-pyrrole nitrogens is 1. The third-order valence-electron chi connectivity index (χ3n) is 11.1. The molecule has 2 aliphatic rings.